The summed E-state index contributed by atoms with van der Waals surface area (Å²) in [5.74, 6) is -0.276. The van der Waals surface area contributed by atoms with Gasteiger partial charge in [0, 0.05) is 6.04 Å². The van der Waals surface area contributed by atoms with Crippen LogP contribution < -0.4 is 5.32 Å². The fourth-order valence-electron chi connectivity index (χ4n) is 1.67. The predicted octanol–water partition coefficient (Wildman–Crippen LogP) is 4.86. The number of hydrogen-bond acceptors (Lipinski definition) is 1. The lowest BCUT2D eigenvalue weighted by Gasteiger charge is -2.19. The molecule has 0 saturated heterocycles. The Morgan fingerprint density at radius 1 is 1.38 bits per heavy atom. The molecule has 0 saturated carbocycles. The van der Waals surface area contributed by atoms with E-state index in [-0.39, 0.29) is 5.82 Å². The molecule has 0 bridgehead atoms. The van der Waals surface area contributed by atoms with Crippen LogP contribution in [0.25, 0.3) is 0 Å². The summed E-state index contributed by atoms with van der Waals surface area (Å²) < 4.78 is 13.5. The molecule has 0 aliphatic carbocycles. The number of rotatable bonds is 6. The molecule has 0 aliphatic heterocycles. The summed E-state index contributed by atoms with van der Waals surface area (Å²) in [7, 11) is 0. The van der Waals surface area contributed by atoms with Crippen molar-refractivity contribution in [1.29, 1.82) is 0 Å². The second-order valence-corrected chi connectivity index (χ2v) is 4.40. The van der Waals surface area contributed by atoms with Crippen molar-refractivity contribution in [3.63, 3.8) is 0 Å². The van der Waals surface area contributed by atoms with Gasteiger partial charge in [-0.3, -0.25) is 0 Å². The number of unbranched alkanes of at least 4 members (excludes halogenated alkanes) is 1. The topological polar surface area (TPSA) is 12.0 Å². The highest BCUT2D eigenvalue weighted by molar-refractivity contribution is 6.33. The Morgan fingerprint density at radius 2 is 2.12 bits per heavy atom. The van der Waals surface area contributed by atoms with E-state index < -0.39 is 0 Å². The van der Waals surface area contributed by atoms with E-state index in [1.54, 1.807) is 12.1 Å². The second kappa shape index (κ2) is 6.74. The number of benzene rings is 1. The Balaban J connectivity index is 2.69. The number of hydrogen-bond donors (Lipinski definition) is 1. The van der Waals surface area contributed by atoms with Gasteiger partial charge in [0.15, 0.2) is 0 Å². The van der Waals surface area contributed by atoms with E-state index in [2.05, 4.69) is 19.2 Å². The van der Waals surface area contributed by atoms with Crippen molar-refractivity contribution in [2.75, 3.05) is 5.32 Å². The standard InChI is InChI=1S/C13H19ClFN/c1-3-5-7-10(4-2)16-13-11(14)8-6-9-12(13)15/h6,8-10,16H,3-5,7H2,1-2H3. The van der Waals surface area contributed by atoms with Crippen LogP contribution in [0.4, 0.5) is 10.1 Å². The van der Waals surface area contributed by atoms with Crippen molar-refractivity contribution in [3.05, 3.63) is 29.0 Å². The molecule has 1 N–H and O–H groups in total. The molecule has 1 unspecified atom stereocenters. The van der Waals surface area contributed by atoms with E-state index in [0.29, 0.717) is 16.8 Å². The largest absolute Gasteiger partial charge is 0.379 e. The highest BCUT2D eigenvalue weighted by atomic mass is 35.5. The highest BCUT2D eigenvalue weighted by Gasteiger charge is 2.11. The molecule has 0 aliphatic rings. The summed E-state index contributed by atoms with van der Waals surface area (Å²) in [5.41, 5.74) is 0.437. The molecule has 1 rings (SSSR count). The number of nitrogens with one attached hydrogen (secondary N) is 1. The fraction of sp³-hybridized carbons (Fsp3) is 0.538. The zero-order chi connectivity index (χ0) is 12.0. The van der Waals surface area contributed by atoms with Gasteiger partial charge in [-0.05, 0) is 25.0 Å². The first-order chi connectivity index (χ1) is 7.69. The SMILES string of the molecule is CCCCC(CC)Nc1c(F)cccc1Cl. The van der Waals surface area contributed by atoms with Gasteiger partial charge >= 0.3 is 0 Å². The normalized spacial score (nSPS) is 12.5. The summed E-state index contributed by atoms with van der Waals surface area (Å²) in [6, 6.07) is 5.06. The zero-order valence-corrected chi connectivity index (χ0v) is 10.6. The molecule has 16 heavy (non-hydrogen) atoms. The minimum Gasteiger partial charge on any atom is -0.379 e. The van der Waals surface area contributed by atoms with Crippen LogP contribution >= 0.6 is 11.6 Å². The van der Waals surface area contributed by atoms with Crippen LogP contribution in [-0.2, 0) is 0 Å². The van der Waals surface area contributed by atoms with Crippen molar-refractivity contribution in [3.8, 4) is 0 Å². The Kier molecular flexibility index (Phi) is 5.61. The molecule has 90 valence electrons. The lowest BCUT2D eigenvalue weighted by atomic mass is 10.1. The smallest absolute Gasteiger partial charge is 0.147 e. The quantitative estimate of drug-likeness (QED) is 0.752. The Morgan fingerprint density at radius 3 is 2.69 bits per heavy atom. The molecule has 0 radical (unpaired) electrons. The van der Waals surface area contributed by atoms with Crippen molar-refractivity contribution in [1.82, 2.24) is 0 Å². The Bertz CT molecular complexity index is 307. The molecule has 0 amide bonds. The van der Waals surface area contributed by atoms with Gasteiger partial charge < -0.3 is 5.32 Å². The van der Waals surface area contributed by atoms with Crippen LogP contribution in [-0.4, -0.2) is 6.04 Å². The lowest BCUT2D eigenvalue weighted by molar-refractivity contribution is 0.581. The van der Waals surface area contributed by atoms with Gasteiger partial charge in [0.25, 0.3) is 0 Å². The maximum atomic E-state index is 13.5. The monoisotopic (exact) mass is 243 g/mol. The highest BCUT2D eigenvalue weighted by Crippen LogP contribution is 2.26. The molecular formula is C13H19ClFN. The zero-order valence-electron chi connectivity index (χ0n) is 9.89. The minimum absolute atomic E-state index is 0.276. The van der Waals surface area contributed by atoms with Crippen LogP contribution in [0.3, 0.4) is 0 Å². The molecule has 1 atom stereocenters. The first-order valence-electron chi connectivity index (χ1n) is 5.89. The molecule has 3 heteroatoms. The average molecular weight is 244 g/mol. The van der Waals surface area contributed by atoms with E-state index in [4.69, 9.17) is 11.6 Å². The van der Waals surface area contributed by atoms with Crippen LogP contribution in [0.5, 0.6) is 0 Å². The van der Waals surface area contributed by atoms with Crippen LogP contribution in [0.15, 0.2) is 18.2 Å². The van der Waals surface area contributed by atoms with Crippen LogP contribution in [0.2, 0.25) is 5.02 Å². The van der Waals surface area contributed by atoms with Gasteiger partial charge in [0.1, 0.15) is 5.82 Å². The first kappa shape index (κ1) is 13.3. The molecule has 1 nitrogen and oxygen atoms in total. The van der Waals surface area contributed by atoms with E-state index in [1.165, 1.54) is 6.07 Å². The third-order valence-electron chi connectivity index (χ3n) is 2.71. The number of para-hydroxylation sites is 1. The fourth-order valence-corrected chi connectivity index (χ4v) is 1.89. The predicted molar refractivity (Wildman–Crippen MR) is 68.6 cm³/mol. The Labute approximate surface area is 102 Å². The third kappa shape index (κ3) is 3.67. The summed E-state index contributed by atoms with van der Waals surface area (Å²) >= 11 is 5.96. The molecule has 0 spiro atoms. The van der Waals surface area contributed by atoms with E-state index in [0.717, 1.165) is 25.7 Å². The number of anilines is 1. The third-order valence-corrected chi connectivity index (χ3v) is 3.03. The average Bonchev–Trinajstić information content (AvgIpc) is 2.28. The van der Waals surface area contributed by atoms with Crippen molar-refractivity contribution in [2.45, 2.75) is 45.6 Å². The molecular weight excluding hydrogens is 225 g/mol. The summed E-state index contributed by atoms with van der Waals surface area (Å²) in [6.07, 6.45) is 4.34. The molecule has 0 aromatic heterocycles. The molecule has 1 aromatic rings. The van der Waals surface area contributed by atoms with Gasteiger partial charge in [-0.25, -0.2) is 4.39 Å². The van der Waals surface area contributed by atoms with Crippen LogP contribution in [0, 0.1) is 5.82 Å². The van der Waals surface area contributed by atoms with E-state index in [9.17, 15) is 4.39 Å². The van der Waals surface area contributed by atoms with Crippen molar-refractivity contribution >= 4 is 17.3 Å². The maximum Gasteiger partial charge on any atom is 0.147 e. The van der Waals surface area contributed by atoms with Gasteiger partial charge in [-0.1, -0.05) is 44.4 Å². The lowest BCUT2D eigenvalue weighted by Crippen LogP contribution is -2.19. The molecule has 0 heterocycles. The summed E-state index contributed by atoms with van der Waals surface area (Å²) in [6.45, 7) is 4.25. The van der Waals surface area contributed by atoms with Crippen LogP contribution in [0.1, 0.15) is 39.5 Å². The summed E-state index contributed by atoms with van der Waals surface area (Å²) in [4.78, 5) is 0. The van der Waals surface area contributed by atoms with Crippen molar-refractivity contribution < 1.29 is 4.39 Å². The van der Waals surface area contributed by atoms with Gasteiger partial charge in [-0.2, -0.15) is 0 Å². The van der Waals surface area contributed by atoms with Gasteiger partial charge in [0.05, 0.1) is 10.7 Å². The van der Waals surface area contributed by atoms with Gasteiger partial charge in [0.2, 0.25) is 0 Å². The second-order valence-electron chi connectivity index (χ2n) is 3.99. The minimum atomic E-state index is -0.276. The Hall–Kier alpha value is -0.760. The summed E-state index contributed by atoms with van der Waals surface area (Å²) in [5, 5.41) is 3.65. The van der Waals surface area contributed by atoms with Gasteiger partial charge in [-0.15, -0.1) is 0 Å². The maximum absolute atomic E-state index is 13.5. The molecule has 1 aromatic carbocycles. The van der Waals surface area contributed by atoms with E-state index >= 15 is 0 Å². The van der Waals surface area contributed by atoms with E-state index in [1.807, 2.05) is 0 Å². The van der Waals surface area contributed by atoms with Crippen molar-refractivity contribution in [2.24, 2.45) is 0 Å². The first-order valence-corrected chi connectivity index (χ1v) is 6.27. The molecule has 0 fully saturated rings. The number of halogens is 2.